The van der Waals surface area contributed by atoms with Gasteiger partial charge in [-0.15, -0.1) is 0 Å². The van der Waals surface area contributed by atoms with Gasteiger partial charge in [-0.1, -0.05) is 11.6 Å². The number of anilines is 1. The van der Waals surface area contributed by atoms with Gasteiger partial charge in [-0.2, -0.15) is 13.2 Å². The molecule has 0 radical (unpaired) electrons. The Bertz CT molecular complexity index is 391. The van der Waals surface area contributed by atoms with E-state index in [1.54, 1.807) is 5.32 Å². The van der Waals surface area contributed by atoms with E-state index in [0.717, 1.165) is 0 Å². The second-order valence-corrected chi connectivity index (χ2v) is 2.99. The van der Waals surface area contributed by atoms with Gasteiger partial charge in [-0.05, 0) is 12.1 Å². The molecule has 82 valence electrons. The summed E-state index contributed by atoms with van der Waals surface area (Å²) >= 11 is 5.23. The molecule has 0 bridgehead atoms. The molecule has 0 aliphatic carbocycles. The maximum Gasteiger partial charge on any atom is 0.416 e. The van der Waals surface area contributed by atoms with E-state index in [1.165, 1.54) is 0 Å². The lowest BCUT2D eigenvalue weighted by Crippen LogP contribution is -2.07. The topological polar surface area (TPSA) is 29.1 Å². The van der Waals surface area contributed by atoms with Crippen molar-refractivity contribution >= 4 is 23.7 Å². The molecule has 0 aliphatic rings. The smallest absolute Gasteiger partial charge is 0.326 e. The number of nitrogens with one attached hydrogen (secondary N) is 1. The summed E-state index contributed by atoms with van der Waals surface area (Å²) in [5, 5.41) is 1.09. The van der Waals surface area contributed by atoms with Crippen molar-refractivity contribution in [2.45, 2.75) is 6.18 Å². The Morgan fingerprint density at radius 1 is 1.33 bits per heavy atom. The highest BCUT2D eigenvalue weighted by Crippen LogP contribution is 2.34. The van der Waals surface area contributed by atoms with Gasteiger partial charge < -0.3 is 5.32 Å². The van der Waals surface area contributed by atoms with Crippen molar-refractivity contribution in [3.05, 3.63) is 28.5 Å². The van der Waals surface area contributed by atoms with Crippen LogP contribution in [0.4, 0.5) is 23.2 Å². The lowest BCUT2D eigenvalue weighted by atomic mass is 10.2. The Morgan fingerprint density at radius 2 is 1.93 bits per heavy atom. The van der Waals surface area contributed by atoms with E-state index in [4.69, 9.17) is 11.6 Å². The van der Waals surface area contributed by atoms with Crippen molar-refractivity contribution in [2.24, 2.45) is 0 Å². The number of hydrogen-bond donors (Lipinski definition) is 1. The van der Waals surface area contributed by atoms with E-state index >= 15 is 0 Å². The third-order valence-electron chi connectivity index (χ3n) is 1.57. The molecule has 15 heavy (non-hydrogen) atoms. The van der Waals surface area contributed by atoms with E-state index in [2.05, 4.69) is 0 Å². The predicted molar refractivity (Wildman–Crippen MR) is 46.1 cm³/mol. The fourth-order valence-corrected chi connectivity index (χ4v) is 1.14. The van der Waals surface area contributed by atoms with Crippen LogP contribution in [0.1, 0.15) is 5.56 Å². The van der Waals surface area contributed by atoms with E-state index in [9.17, 15) is 22.4 Å². The third-order valence-corrected chi connectivity index (χ3v) is 1.85. The van der Waals surface area contributed by atoms with Gasteiger partial charge in [-0.3, -0.25) is 4.79 Å². The number of carbonyl (C=O) groups is 1. The average Bonchev–Trinajstić information content (AvgIpc) is 2.11. The van der Waals surface area contributed by atoms with Crippen LogP contribution in [0.2, 0.25) is 5.02 Å². The molecule has 0 saturated heterocycles. The van der Waals surface area contributed by atoms with Crippen LogP contribution in [-0.2, 0) is 11.0 Å². The molecule has 0 heterocycles. The number of hydrogen-bond acceptors (Lipinski definition) is 1. The first-order chi connectivity index (χ1) is 6.86. The van der Waals surface area contributed by atoms with Gasteiger partial charge in [0.2, 0.25) is 6.41 Å². The Labute approximate surface area is 86.8 Å². The molecule has 0 unspecified atom stereocenters. The second kappa shape index (κ2) is 4.06. The van der Waals surface area contributed by atoms with Crippen LogP contribution >= 0.6 is 11.6 Å². The molecule has 1 amide bonds. The Morgan fingerprint density at radius 3 is 2.40 bits per heavy atom. The van der Waals surface area contributed by atoms with Gasteiger partial charge in [0.15, 0.2) is 5.82 Å². The van der Waals surface area contributed by atoms with Crippen molar-refractivity contribution in [1.82, 2.24) is 0 Å². The average molecular weight is 242 g/mol. The van der Waals surface area contributed by atoms with Crippen LogP contribution in [0.15, 0.2) is 12.1 Å². The number of halogens is 5. The standard InChI is InChI=1S/C8H4ClF4NO/c9-5-1-4(8(11,12)13)2-6(7(5)10)14-3-15/h1-3H,(H,14,15). The SMILES string of the molecule is O=CNc1cc(C(F)(F)F)cc(Cl)c1F. The summed E-state index contributed by atoms with van der Waals surface area (Å²) in [5.41, 5.74) is -1.73. The molecule has 0 aliphatic heterocycles. The molecule has 1 aromatic rings. The Balaban J connectivity index is 3.29. The van der Waals surface area contributed by atoms with Crippen LogP contribution in [-0.4, -0.2) is 6.41 Å². The number of amides is 1. The summed E-state index contributed by atoms with van der Waals surface area (Å²) in [6.45, 7) is 0. The van der Waals surface area contributed by atoms with E-state index in [1.807, 2.05) is 0 Å². The highest BCUT2D eigenvalue weighted by atomic mass is 35.5. The molecule has 0 aromatic heterocycles. The van der Waals surface area contributed by atoms with Crippen LogP contribution in [0, 0.1) is 5.82 Å². The number of alkyl halides is 3. The van der Waals surface area contributed by atoms with Gasteiger partial charge in [0.05, 0.1) is 16.3 Å². The zero-order valence-corrected chi connectivity index (χ0v) is 7.79. The molecule has 0 fully saturated rings. The summed E-state index contributed by atoms with van der Waals surface area (Å²) in [6.07, 6.45) is -4.58. The molecular formula is C8H4ClF4NO. The summed E-state index contributed by atoms with van der Waals surface area (Å²) in [6, 6.07) is 0.919. The number of rotatable bonds is 2. The van der Waals surface area contributed by atoms with Crippen molar-refractivity contribution in [2.75, 3.05) is 5.32 Å². The first kappa shape index (κ1) is 11.8. The summed E-state index contributed by atoms with van der Waals surface area (Å²) < 4.78 is 49.7. The summed E-state index contributed by atoms with van der Waals surface area (Å²) in [5.74, 6) is -1.10. The van der Waals surface area contributed by atoms with Crippen LogP contribution in [0.5, 0.6) is 0 Å². The number of carbonyl (C=O) groups excluding carboxylic acids is 1. The Hall–Kier alpha value is -1.30. The molecule has 0 atom stereocenters. The van der Waals surface area contributed by atoms with Crippen LogP contribution < -0.4 is 5.32 Å². The highest BCUT2D eigenvalue weighted by Gasteiger charge is 2.32. The second-order valence-electron chi connectivity index (χ2n) is 2.58. The first-order valence-corrected chi connectivity index (χ1v) is 4.00. The monoisotopic (exact) mass is 241 g/mol. The largest absolute Gasteiger partial charge is 0.416 e. The predicted octanol–water partition coefficient (Wildman–Crippen LogP) is 3.07. The van der Waals surface area contributed by atoms with Gasteiger partial charge in [0.1, 0.15) is 0 Å². The fraction of sp³-hybridized carbons (Fsp3) is 0.125. The molecular weight excluding hydrogens is 238 g/mol. The molecule has 0 spiro atoms. The quantitative estimate of drug-likeness (QED) is 0.626. The van der Waals surface area contributed by atoms with Crippen molar-refractivity contribution in [3.63, 3.8) is 0 Å². The zero-order valence-electron chi connectivity index (χ0n) is 7.03. The summed E-state index contributed by atoms with van der Waals surface area (Å²) in [4.78, 5) is 10.00. The third kappa shape index (κ3) is 2.59. The van der Waals surface area contributed by atoms with Crippen molar-refractivity contribution < 1.29 is 22.4 Å². The first-order valence-electron chi connectivity index (χ1n) is 3.62. The molecule has 1 aromatic carbocycles. The molecule has 1 N–H and O–H groups in total. The van der Waals surface area contributed by atoms with Gasteiger partial charge in [-0.25, -0.2) is 4.39 Å². The van der Waals surface area contributed by atoms with Crippen molar-refractivity contribution in [3.8, 4) is 0 Å². The molecule has 2 nitrogen and oxygen atoms in total. The van der Waals surface area contributed by atoms with Crippen LogP contribution in [0.3, 0.4) is 0 Å². The molecule has 7 heteroatoms. The molecule has 1 rings (SSSR count). The van der Waals surface area contributed by atoms with Crippen LogP contribution in [0.25, 0.3) is 0 Å². The Kier molecular flexibility index (Phi) is 3.18. The molecule has 0 saturated carbocycles. The summed E-state index contributed by atoms with van der Waals surface area (Å²) in [7, 11) is 0. The maximum atomic E-state index is 13.0. The lowest BCUT2D eigenvalue weighted by molar-refractivity contribution is -0.137. The zero-order chi connectivity index (χ0) is 11.6. The highest BCUT2D eigenvalue weighted by molar-refractivity contribution is 6.31. The van der Waals surface area contributed by atoms with Gasteiger partial charge in [0.25, 0.3) is 0 Å². The minimum absolute atomic E-state index is 0.0644. The van der Waals surface area contributed by atoms with Gasteiger partial charge >= 0.3 is 6.18 Å². The van der Waals surface area contributed by atoms with E-state index in [-0.39, 0.29) is 6.41 Å². The minimum Gasteiger partial charge on any atom is -0.326 e. The normalized spacial score (nSPS) is 11.3. The number of benzene rings is 1. The fourth-order valence-electron chi connectivity index (χ4n) is 0.921. The maximum absolute atomic E-state index is 13.0. The van der Waals surface area contributed by atoms with E-state index < -0.39 is 28.3 Å². The van der Waals surface area contributed by atoms with E-state index in [0.29, 0.717) is 12.1 Å². The van der Waals surface area contributed by atoms with Crippen molar-refractivity contribution in [1.29, 1.82) is 0 Å². The lowest BCUT2D eigenvalue weighted by Gasteiger charge is -2.10. The van der Waals surface area contributed by atoms with Gasteiger partial charge in [0, 0.05) is 0 Å². The minimum atomic E-state index is -4.64.